The van der Waals surface area contributed by atoms with Gasteiger partial charge in [0.1, 0.15) is 0 Å². The van der Waals surface area contributed by atoms with Crippen LogP contribution >= 0.6 is 23.2 Å². The molecule has 2 rings (SSSR count). The number of halogens is 2. The summed E-state index contributed by atoms with van der Waals surface area (Å²) in [6.45, 7) is 2.16. The third-order valence-corrected chi connectivity index (χ3v) is 5.75. The molecule has 0 aromatic heterocycles. The number of rotatable bonds is 1. The first kappa shape index (κ1) is 13.1. The Kier molecular flexibility index (Phi) is 3.69. The first-order valence-electron chi connectivity index (χ1n) is 5.30. The largest absolute Gasteiger partial charge is 0.308 e. The minimum absolute atomic E-state index is 0.0789. The second-order valence-electron chi connectivity index (χ2n) is 4.27. The highest BCUT2D eigenvalue weighted by Crippen LogP contribution is 2.29. The Morgan fingerprint density at radius 3 is 2.65 bits per heavy atom. The number of hydrogen-bond acceptors (Lipinski definition) is 3. The number of sulfone groups is 1. The summed E-state index contributed by atoms with van der Waals surface area (Å²) in [6, 6.07) is 4.87. The van der Waals surface area contributed by atoms with Gasteiger partial charge in [-0.15, -0.1) is 0 Å². The Balaban J connectivity index is 2.30. The van der Waals surface area contributed by atoms with Gasteiger partial charge in [-0.2, -0.15) is 0 Å². The second kappa shape index (κ2) is 4.76. The van der Waals surface area contributed by atoms with Crippen molar-refractivity contribution in [2.75, 3.05) is 12.3 Å². The first-order valence-corrected chi connectivity index (χ1v) is 7.77. The molecule has 1 aromatic rings. The summed E-state index contributed by atoms with van der Waals surface area (Å²) in [5.74, 6) is 0.0789. The lowest BCUT2D eigenvalue weighted by Crippen LogP contribution is -2.44. The van der Waals surface area contributed by atoms with Gasteiger partial charge in [-0.1, -0.05) is 29.3 Å². The van der Waals surface area contributed by atoms with Gasteiger partial charge < -0.3 is 5.32 Å². The monoisotopic (exact) mass is 293 g/mol. The molecule has 17 heavy (non-hydrogen) atoms. The Bertz CT molecular complexity index is 530. The molecule has 1 fully saturated rings. The van der Waals surface area contributed by atoms with E-state index in [0.29, 0.717) is 16.6 Å². The molecular formula is C11H13Cl2NO2S. The van der Waals surface area contributed by atoms with Crippen molar-refractivity contribution in [1.82, 2.24) is 5.32 Å². The summed E-state index contributed by atoms with van der Waals surface area (Å²) >= 11 is 11.9. The van der Waals surface area contributed by atoms with E-state index >= 15 is 0 Å². The van der Waals surface area contributed by atoms with E-state index in [1.54, 1.807) is 25.1 Å². The third kappa shape index (κ3) is 2.76. The third-order valence-electron chi connectivity index (χ3n) is 3.00. The van der Waals surface area contributed by atoms with Crippen molar-refractivity contribution in [3.63, 3.8) is 0 Å². The molecule has 0 spiro atoms. The first-order chi connectivity index (χ1) is 7.90. The van der Waals surface area contributed by atoms with Crippen molar-refractivity contribution >= 4 is 33.0 Å². The van der Waals surface area contributed by atoms with Crippen LogP contribution in [0.15, 0.2) is 18.2 Å². The highest BCUT2D eigenvalue weighted by molar-refractivity contribution is 7.92. The SMILES string of the molecule is CC1CNC(c2ccc(Cl)cc2Cl)CS1(=O)=O. The highest BCUT2D eigenvalue weighted by atomic mass is 35.5. The molecule has 0 radical (unpaired) electrons. The summed E-state index contributed by atoms with van der Waals surface area (Å²) in [5, 5.41) is 3.90. The average molecular weight is 294 g/mol. The molecule has 1 N–H and O–H groups in total. The second-order valence-corrected chi connectivity index (χ2v) is 7.57. The van der Waals surface area contributed by atoms with Gasteiger partial charge in [-0.05, 0) is 24.6 Å². The van der Waals surface area contributed by atoms with E-state index in [4.69, 9.17) is 23.2 Å². The molecule has 6 heteroatoms. The van der Waals surface area contributed by atoms with Crippen molar-refractivity contribution in [3.05, 3.63) is 33.8 Å². The number of nitrogens with one attached hydrogen (secondary N) is 1. The summed E-state index contributed by atoms with van der Waals surface area (Å²) in [7, 11) is -3.04. The van der Waals surface area contributed by atoms with Crippen LogP contribution in [0.2, 0.25) is 10.0 Å². The zero-order valence-corrected chi connectivity index (χ0v) is 11.6. The Hall–Kier alpha value is -0.290. The van der Waals surface area contributed by atoms with Gasteiger partial charge in [-0.3, -0.25) is 0 Å². The van der Waals surface area contributed by atoms with Gasteiger partial charge in [-0.25, -0.2) is 8.42 Å². The van der Waals surface area contributed by atoms with Crippen LogP contribution in [-0.4, -0.2) is 26.0 Å². The summed E-state index contributed by atoms with van der Waals surface area (Å²) in [6.07, 6.45) is 0. The van der Waals surface area contributed by atoms with Gasteiger partial charge in [0.2, 0.25) is 0 Å². The number of hydrogen-bond donors (Lipinski definition) is 1. The van der Waals surface area contributed by atoms with E-state index in [-0.39, 0.29) is 17.0 Å². The molecule has 2 unspecified atom stereocenters. The van der Waals surface area contributed by atoms with Crippen molar-refractivity contribution in [2.45, 2.75) is 18.2 Å². The molecule has 1 aliphatic rings. The zero-order chi connectivity index (χ0) is 12.6. The lowest BCUT2D eigenvalue weighted by Gasteiger charge is -2.28. The van der Waals surface area contributed by atoms with Crippen LogP contribution in [0.25, 0.3) is 0 Å². The fourth-order valence-electron chi connectivity index (χ4n) is 1.87. The maximum absolute atomic E-state index is 11.8. The van der Waals surface area contributed by atoms with Crippen molar-refractivity contribution in [2.24, 2.45) is 0 Å². The van der Waals surface area contributed by atoms with Gasteiger partial charge in [0.25, 0.3) is 0 Å². The molecule has 94 valence electrons. The van der Waals surface area contributed by atoms with Crippen LogP contribution in [0.3, 0.4) is 0 Å². The average Bonchev–Trinajstić information content (AvgIpc) is 2.22. The molecule has 0 aliphatic carbocycles. The smallest absolute Gasteiger partial charge is 0.156 e. The predicted molar refractivity (Wildman–Crippen MR) is 70.5 cm³/mol. The van der Waals surface area contributed by atoms with E-state index in [9.17, 15) is 8.42 Å². The standard InChI is InChI=1S/C11H13Cl2NO2S/c1-7-5-14-11(6-17(7,15)16)9-3-2-8(12)4-10(9)13/h2-4,7,11,14H,5-6H2,1H3. The molecular weight excluding hydrogens is 281 g/mol. The topological polar surface area (TPSA) is 46.2 Å². The van der Waals surface area contributed by atoms with Crippen LogP contribution < -0.4 is 5.32 Å². The lowest BCUT2D eigenvalue weighted by molar-refractivity contribution is 0.502. The molecule has 3 nitrogen and oxygen atoms in total. The van der Waals surface area contributed by atoms with E-state index < -0.39 is 9.84 Å². The minimum atomic E-state index is -3.04. The van der Waals surface area contributed by atoms with Gasteiger partial charge in [0.05, 0.1) is 11.0 Å². The summed E-state index contributed by atoms with van der Waals surface area (Å²) in [4.78, 5) is 0. The van der Waals surface area contributed by atoms with Crippen molar-refractivity contribution in [1.29, 1.82) is 0 Å². The summed E-state index contributed by atoms with van der Waals surface area (Å²) < 4.78 is 23.7. The quantitative estimate of drug-likeness (QED) is 0.865. The van der Waals surface area contributed by atoms with Crippen molar-refractivity contribution < 1.29 is 8.42 Å². The van der Waals surface area contributed by atoms with Gasteiger partial charge >= 0.3 is 0 Å². The van der Waals surface area contributed by atoms with Crippen LogP contribution in [0.4, 0.5) is 0 Å². The maximum Gasteiger partial charge on any atom is 0.156 e. The molecule has 0 bridgehead atoms. The Morgan fingerprint density at radius 2 is 2.06 bits per heavy atom. The van der Waals surface area contributed by atoms with Crippen LogP contribution in [-0.2, 0) is 9.84 Å². The minimum Gasteiger partial charge on any atom is -0.308 e. The molecule has 1 saturated heterocycles. The van der Waals surface area contributed by atoms with Gasteiger partial charge in [0, 0.05) is 22.6 Å². The lowest BCUT2D eigenvalue weighted by atomic mass is 10.1. The Labute approximate surface area is 111 Å². The maximum atomic E-state index is 11.8. The fraction of sp³-hybridized carbons (Fsp3) is 0.455. The van der Waals surface area contributed by atoms with Crippen LogP contribution in [0.5, 0.6) is 0 Å². The number of benzene rings is 1. The van der Waals surface area contributed by atoms with E-state index in [1.807, 2.05) is 0 Å². The van der Waals surface area contributed by atoms with Crippen LogP contribution in [0.1, 0.15) is 18.5 Å². The van der Waals surface area contributed by atoms with E-state index in [2.05, 4.69) is 5.32 Å². The zero-order valence-electron chi connectivity index (χ0n) is 9.28. The molecule has 1 aliphatic heterocycles. The Morgan fingerprint density at radius 1 is 1.35 bits per heavy atom. The van der Waals surface area contributed by atoms with E-state index in [1.165, 1.54) is 0 Å². The van der Waals surface area contributed by atoms with Gasteiger partial charge in [0.15, 0.2) is 9.84 Å². The molecule has 1 heterocycles. The summed E-state index contributed by atoms with van der Waals surface area (Å²) in [5.41, 5.74) is 0.784. The molecule has 2 atom stereocenters. The predicted octanol–water partition coefficient (Wildman–Crippen LogP) is 2.44. The molecule has 0 saturated carbocycles. The van der Waals surface area contributed by atoms with E-state index in [0.717, 1.165) is 5.56 Å². The normalized spacial score (nSPS) is 27.9. The fourth-order valence-corrected chi connectivity index (χ4v) is 3.86. The molecule has 0 amide bonds. The highest BCUT2D eigenvalue weighted by Gasteiger charge is 2.32. The van der Waals surface area contributed by atoms with Crippen molar-refractivity contribution in [3.8, 4) is 0 Å². The molecule has 1 aromatic carbocycles. The van der Waals surface area contributed by atoms with Crippen LogP contribution in [0, 0.1) is 0 Å².